The number of rotatable bonds is 5. The van der Waals surface area contributed by atoms with Crippen molar-refractivity contribution in [3.8, 4) is 0 Å². The molecular formula is C17H25NO2S. The Kier molecular flexibility index (Phi) is 4.65. The Hall–Kier alpha value is -0.870. The highest BCUT2D eigenvalue weighted by atomic mass is 32.2. The van der Waals surface area contributed by atoms with Crippen LogP contribution in [-0.2, 0) is 16.3 Å². The summed E-state index contributed by atoms with van der Waals surface area (Å²) in [4.78, 5) is 0. The van der Waals surface area contributed by atoms with E-state index in [1.807, 2.05) is 0 Å². The molecule has 116 valence electrons. The van der Waals surface area contributed by atoms with Crippen molar-refractivity contribution in [1.82, 2.24) is 5.32 Å². The van der Waals surface area contributed by atoms with E-state index >= 15 is 0 Å². The molecule has 1 aliphatic heterocycles. The van der Waals surface area contributed by atoms with Gasteiger partial charge >= 0.3 is 0 Å². The monoisotopic (exact) mass is 307 g/mol. The molecule has 1 aromatic carbocycles. The number of hydrogen-bond donors (Lipinski definition) is 1. The van der Waals surface area contributed by atoms with E-state index in [0.717, 1.165) is 25.2 Å². The highest BCUT2D eigenvalue weighted by Gasteiger charge is 2.32. The Morgan fingerprint density at radius 1 is 1.10 bits per heavy atom. The van der Waals surface area contributed by atoms with Gasteiger partial charge < -0.3 is 5.32 Å². The highest BCUT2D eigenvalue weighted by molar-refractivity contribution is 7.92. The third kappa shape index (κ3) is 3.86. The third-order valence-corrected chi connectivity index (χ3v) is 7.28. The molecule has 0 spiro atoms. The lowest BCUT2D eigenvalue weighted by atomic mass is 9.98. The number of nitrogens with one attached hydrogen (secondary N) is 1. The van der Waals surface area contributed by atoms with E-state index in [1.165, 1.54) is 24.8 Å². The molecule has 3 atom stereocenters. The second kappa shape index (κ2) is 6.49. The van der Waals surface area contributed by atoms with Crippen molar-refractivity contribution in [2.24, 2.45) is 5.92 Å². The average Bonchev–Trinajstić information content (AvgIpc) is 3.04. The second-order valence-electron chi connectivity index (χ2n) is 6.61. The zero-order chi connectivity index (χ0) is 14.7. The van der Waals surface area contributed by atoms with Crippen molar-refractivity contribution >= 4 is 9.84 Å². The van der Waals surface area contributed by atoms with Crippen LogP contribution in [0.4, 0.5) is 0 Å². The molecule has 4 heteroatoms. The maximum absolute atomic E-state index is 11.8. The Balaban J connectivity index is 1.45. The van der Waals surface area contributed by atoms with Crippen molar-refractivity contribution in [1.29, 1.82) is 0 Å². The molecule has 1 aliphatic carbocycles. The van der Waals surface area contributed by atoms with Gasteiger partial charge in [0.1, 0.15) is 0 Å². The molecule has 0 bridgehead atoms. The van der Waals surface area contributed by atoms with Crippen LogP contribution in [0, 0.1) is 5.92 Å². The minimum Gasteiger partial charge on any atom is -0.313 e. The maximum Gasteiger partial charge on any atom is 0.154 e. The first-order chi connectivity index (χ1) is 10.1. The van der Waals surface area contributed by atoms with Crippen molar-refractivity contribution in [2.75, 3.05) is 12.3 Å². The van der Waals surface area contributed by atoms with E-state index in [0.29, 0.717) is 18.3 Å². The Morgan fingerprint density at radius 2 is 1.90 bits per heavy atom. The van der Waals surface area contributed by atoms with Gasteiger partial charge in [0, 0.05) is 12.6 Å². The first kappa shape index (κ1) is 15.0. The Morgan fingerprint density at radius 3 is 2.62 bits per heavy atom. The summed E-state index contributed by atoms with van der Waals surface area (Å²) in [5.74, 6) is 1.13. The molecule has 0 aromatic heterocycles. The first-order valence-corrected chi connectivity index (χ1v) is 9.84. The van der Waals surface area contributed by atoms with Crippen LogP contribution in [0.15, 0.2) is 30.3 Å². The number of sulfone groups is 1. The minimum absolute atomic E-state index is 0.134. The van der Waals surface area contributed by atoms with Crippen LogP contribution in [-0.4, -0.2) is 32.0 Å². The predicted octanol–water partition coefficient (Wildman–Crippen LogP) is 2.56. The summed E-state index contributed by atoms with van der Waals surface area (Å²) < 4.78 is 23.7. The zero-order valence-corrected chi connectivity index (χ0v) is 13.3. The van der Waals surface area contributed by atoms with Crippen LogP contribution in [0.3, 0.4) is 0 Å². The SMILES string of the molecule is O=S1(=O)CCC[C@@H]1CN[C@H]1CC[C@H](Cc2ccccc2)C1. The van der Waals surface area contributed by atoms with Crippen molar-refractivity contribution in [3.05, 3.63) is 35.9 Å². The molecule has 1 aromatic rings. The fourth-order valence-electron chi connectivity index (χ4n) is 3.78. The summed E-state index contributed by atoms with van der Waals surface area (Å²) in [6, 6.07) is 11.2. The van der Waals surface area contributed by atoms with E-state index in [-0.39, 0.29) is 5.25 Å². The van der Waals surface area contributed by atoms with E-state index in [1.54, 1.807) is 0 Å². The van der Waals surface area contributed by atoms with Gasteiger partial charge in [-0.2, -0.15) is 0 Å². The molecule has 0 radical (unpaired) electrons. The van der Waals surface area contributed by atoms with Gasteiger partial charge in [0.05, 0.1) is 11.0 Å². The maximum atomic E-state index is 11.8. The smallest absolute Gasteiger partial charge is 0.154 e. The molecule has 2 aliphatic rings. The average molecular weight is 307 g/mol. The lowest BCUT2D eigenvalue weighted by Crippen LogP contribution is -2.36. The lowest BCUT2D eigenvalue weighted by molar-refractivity contribution is 0.476. The molecule has 2 fully saturated rings. The molecule has 0 amide bonds. The molecule has 1 N–H and O–H groups in total. The predicted molar refractivity (Wildman–Crippen MR) is 86.1 cm³/mol. The van der Waals surface area contributed by atoms with Gasteiger partial charge in [-0.3, -0.25) is 0 Å². The second-order valence-corrected chi connectivity index (χ2v) is 9.01. The quantitative estimate of drug-likeness (QED) is 0.909. The summed E-state index contributed by atoms with van der Waals surface area (Å²) >= 11 is 0. The van der Waals surface area contributed by atoms with Crippen molar-refractivity contribution < 1.29 is 8.42 Å². The molecule has 0 unspecified atom stereocenters. The van der Waals surface area contributed by atoms with Crippen LogP contribution in [0.1, 0.15) is 37.7 Å². The normalized spacial score (nSPS) is 31.5. The number of benzene rings is 1. The fourth-order valence-corrected chi connectivity index (χ4v) is 5.56. The standard InChI is InChI=1S/C17H25NO2S/c19-21(20)10-4-7-17(21)13-18-16-9-8-15(12-16)11-14-5-2-1-3-6-14/h1-3,5-6,15-18H,4,7-13H2/t15-,16+,17-/m1/s1. The van der Waals surface area contributed by atoms with Gasteiger partial charge in [-0.05, 0) is 50.0 Å². The van der Waals surface area contributed by atoms with E-state index < -0.39 is 9.84 Å². The molecule has 3 nitrogen and oxygen atoms in total. The Labute approximate surface area is 128 Å². The summed E-state index contributed by atoms with van der Waals surface area (Å²) in [5, 5.41) is 3.38. The molecular weight excluding hydrogens is 282 g/mol. The van der Waals surface area contributed by atoms with Crippen LogP contribution in [0.5, 0.6) is 0 Å². The molecule has 1 heterocycles. The fraction of sp³-hybridized carbons (Fsp3) is 0.647. The summed E-state index contributed by atoms with van der Waals surface area (Å²) in [5.41, 5.74) is 1.42. The largest absolute Gasteiger partial charge is 0.313 e. The molecule has 1 saturated carbocycles. The summed E-state index contributed by atoms with van der Waals surface area (Å²) in [6.45, 7) is 0.658. The Bertz CT molecular complexity index is 555. The van der Waals surface area contributed by atoms with E-state index in [2.05, 4.69) is 35.6 Å². The topological polar surface area (TPSA) is 46.2 Å². The van der Waals surface area contributed by atoms with E-state index in [9.17, 15) is 8.42 Å². The summed E-state index contributed by atoms with van der Waals surface area (Å²) in [6.07, 6.45) is 6.46. The van der Waals surface area contributed by atoms with Gasteiger partial charge in [-0.15, -0.1) is 0 Å². The van der Waals surface area contributed by atoms with Gasteiger partial charge in [-0.25, -0.2) is 8.42 Å². The highest BCUT2D eigenvalue weighted by Crippen LogP contribution is 2.29. The van der Waals surface area contributed by atoms with Crippen LogP contribution in [0.25, 0.3) is 0 Å². The van der Waals surface area contributed by atoms with Crippen LogP contribution < -0.4 is 5.32 Å². The van der Waals surface area contributed by atoms with Gasteiger partial charge in [0.25, 0.3) is 0 Å². The molecule has 1 saturated heterocycles. The minimum atomic E-state index is -2.80. The summed E-state index contributed by atoms with van der Waals surface area (Å²) in [7, 11) is -2.80. The van der Waals surface area contributed by atoms with Gasteiger partial charge in [0.2, 0.25) is 0 Å². The van der Waals surface area contributed by atoms with Crippen molar-refractivity contribution in [3.63, 3.8) is 0 Å². The molecule has 21 heavy (non-hydrogen) atoms. The number of hydrogen-bond acceptors (Lipinski definition) is 3. The third-order valence-electron chi connectivity index (χ3n) is 5.01. The van der Waals surface area contributed by atoms with Gasteiger partial charge in [-0.1, -0.05) is 30.3 Å². The van der Waals surface area contributed by atoms with Crippen LogP contribution in [0.2, 0.25) is 0 Å². The van der Waals surface area contributed by atoms with Crippen molar-refractivity contribution in [2.45, 2.75) is 49.8 Å². The van der Waals surface area contributed by atoms with Gasteiger partial charge in [0.15, 0.2) is 9.84 Å². The molecule has 3 rings (SSSR count). The van der Waals surface area contributed by atoms with Crippen LogP contribution >= 0.6 is 0 Å². The lowest BCUT2D eigenvalue weighted by Gasteiger charge is -2.16. The van der Waals surface area contributed by atoms with E-state index in [4.69, 9.17) is 0 Å². The first-order valence-electron chi connectivity index (χ1n) is 8.12. The zero-order valence-electron chi connectivity index (χ0n) is 12.5.